The number of hydrogen-bond acceptors (Lipinski definition) is 7. The molecule has 4 N–H and O–H groups in total. The summed E-state index contributed by atoms with van der Waals surface area (Å²) >= 11 is 0. The number of carboxylic acids is 1. The van der Waals surface area contributed by atoms with Crippen molar-refractivity contribution in [3.63, 3.8) is 0 Å². The largest absolute Gasteiger partial charge is 0.489 e. The second kappa shape index (κ2) is 17.7. The first-order chi connectivity index (χ1) is 23.2. The summed E-state index contributed by atoms with van der Waals surface area (Å²) in [5, 5.41) is 15.8. The van der Waals surface area contributed by atoms with E-state index in [1.165, 1.54) is 26.0 Å². The minimum atomic E-state index is -4.73. The highest BCUT2D eigenvalue weighted by Crippen LogP contribution is 2.22. The molecule has 3 aromatic rings. The molecular weight excluding hydrogens is 640 g/mol. The number of carbonyl (C=O) groups excluding carboxylic acids is 4. The third-order valence-corrected chi connectivity index (χ3v) is 7.49. The second-order valence-electron chi connectivity index (χ2n) is 12.1. The van der Waals surface area contributed by atoms with E-state index in [9.17, 15) is 29.1 Å². The van der Waals surface area contributed by atoms with Crippen LogP contribution in [-0.4, -0.2) is 58.8 Å². The summed E-state index contributed by atoms with van der Waals surface area (Å²) in [6.45, 7) is 6.15. The summed E-state index contributed by atoms with van der Waals surface area (Å²) in [6, 6.07) is 19.3. The van der Waals surface area contributed by atoms with Gasteiger partial charge in [0.15, 0.2) is 0 Å². The van der Waals surface area contributed by atoms with E-state index < -0.39 is 72.0 Å². The molecule has 3 rings (SSSR count). The predicted octanol–water partition coefficient (Wildman–Crippen LogP) is 4.67. The Morgan fingerprint density at radius 3 is 1.73 bits per heavy atom. The standard InChI is InChI=1S/C36H41F2N3O8/c1-22(2)29(41-35(47)49-21-26-13-9-6-10-14-26)32(43)39-28(31(42)36(37,38)34(46)40-30(23(3)4)33(44)45)19-24-15-17-27(18-16-24)48-20-25-11-7-5-8-12-25/h5-18,22-23,28-30H,19-21H2,1-4H3,(H,39,43)(H,40,46)(H,41,47)(H,44,45)/t28?,29-,30+/m0/s1. The van der Waals surface area contributed by atoms with Gasteiger partial charge in [-0.3, -0.25) is 14.4 Å². The van der Waals surface area contributed by atoms with Crippen LogP contribution in [0.3, 0.4) is 0 Å². The van der Waals surface area contributed by atoms with Crippen LogP contribution in [0.5, 0.6) is 5.75 Å². The van der Waals surface area contributed by atoms with Crippen LogP contribution in [0.2, 0.25) is 0 Å². The highest BCUT2D eigenvalue weighted by Gasteiger charge is 2.51. The van der Waals surface area contributed by atoms with E-state index in [0.29, 0.717) is 16.9 Å². The van der Waals surface area contributed by atoms with Gasteiger partial charge in [0.25, 0.3) is 5.91 Å². The number of ether oxygens (including phenoxy) is 2. The zero-order chi connectivity index (χ0) is 36.1. The molecule has 3 aromatic carbocycles. The summed E-state index contributed by atoms with van der Waals surface area (Å²) in [4.78, 5) is 63.6. The number of aliphatic carboxylic acids is 1. The predicted molar refractivity (Wildman–Crippen MR) is 176 cm³/mol. The molecule has 1 unspecified atom stereocenters. The van der Waals surface area contributed by atoms with Crippen LogP contribution in [-0.2, 0) is 43.5 Å². The summed E-state index contributed by atoms with van der Waals surface area (Å²) in [7, 11) is 0. The number of nitrogens with one attached hydrogen (secondary N) is 3. The summed E-state index contributed by atoms with van der Waals surface area (Å²) in [5.74, 6) is -12.2. The molecule has 0 aliphatic rings. The van der Waals surface area contributed by atoms with Gasteiger partial charge in [-0.05, 0) is 40.7 Å². The molecule has 3 amide bonds. The number of amides is 3. The summed E-state index contributed by atoms with van der Waals surface area (Å²) < 4.78 is 41.8. The lowest BCUT2D eigenvalue weighted by molar-refractivity contribution is -0.162. The number of rotatable bonds is 17. The first-order valence-electron chi connectivity index (χ1n) is 15.7. The third kappa shape index (κ3) is 11.4. The smallest absolute Gasteiger partial charge is 0.408 e. The number of benzene rings is 3. The Morgan fingerprint density at radius 2 is 1.22 bits per heavy atom. The van der Waals surface area contributed by atoms with Gasteiger partial charge < -0.3 is 30.5 Å². The number of ketones is 1. The first kappa shape index (κ1) is 38.1. The molecule has 49 heavy (non-hydrogen) atoms. The van der Waals surface area contributed by atoms with Crippen molar-refractivity contribution in [3.05, 3.63) is 102 Å². The molecule has 0 bridgehead atoms. The Labute approximate surface area is 283 Å². The third-order valence-electron chi connectivity index (χ3n) is 7.49. The van der Waals surface area contributed by atoms with Gasteiger partial charge in [-0.1, -0.05) is 100 Å². The van der Waals surface area contributed by atoms with Gasteiger partial charge in [0.2, 0.25) is 11.7 Å². The Bertz CT molecular complexity index is 1570. The fourth-order valence-electron chi connectivity index (χ4n) is 4.67. The number of carboxylic acid groups (broad SMARTS) is 1. The Balaban J connectivity index is 1.81. The zero-order valence-electron chi connectivity index (χ0n) is 27.7. The van der Waals surface area contributed by atoms with E-state index in [2.05, 4.69) is 10.6 Å². The molecule has 0 radical (unpaired) electrons. The van der Waals surface area contributed by atoms with Gasteiger partial charge >= 0.3 is 18.0 Å². The fraction of sp³-hybridized carbons (Fsp3) is 0.361. The van der Waals surface area contributed by atoms with Crippen molar-refractivity contribution >= 4 is 29.7 Å². The van der Waals surface area contributed by atoms with E-state index in [-0.39, 0.29) is 13.2 Å². The van der Waals surface area contributed by atoms with E-state index in [0.717, 1.165) is 5.56 Å². The van der Waals surface area contributed by atoms with Crippen molar-refractivity contribution in [2.24, 2.45) is 11.8 Å². The molecule has 0 heterocycles. The van der Waals surface area contributed by atoms with E-state index in [1.807, 2.05) is 30.3 Å². The van der Waals surface area contributed by atoms with Gasteiger partial charge in [0.1, 0.15) is 31.0 Å². The van der Waals surface area contributed by atoms with Crippen LogP contribution in [0.15, 0.2) is 84.9 Å². The molecule has 0 fully saturated rings. The molecule has 11 nitrogen and oxygen atoms in total. The maximum Gasteiger partial charge on any atom is 0.408 e. The molecular formula is C36H41F2N3O8. The number of halogens is 2. The van der Waals surface area contributed by atoms with Gasteiger partial charge in [-0.25, -0.2) is 9.59 Å². The monoisotopic (exact) mass is 681 g/mol. The number of alkyl carbamates (subject to hydrolysis) is 1. The topological polar surface area (TPSA) is 160 Å². The van der Waals surface area contributed by atoms with Crippen molar-refractivity contribution in [2.75, 3.05) is 0 Å². The van der Waals surface area contributed by atoms with E-state index in [1.54, 1.807) is 61.6 Å². The maximum absolute atomic E-state index is 15.4. The molecule has 0 aromatic heterocycles. The number of alkyl halides is 2. The van der Waals surface area contributed by atoms with Crippen LogP contribution in [0, 0.1) is 11.8 Å². The van der Waals surface area contributed by atoms with Crippen LogP contribution in [0.4, 0.5) is 13.6 Å². The fourth-order valence-corrected chi connectivity index (χ4v) is 4.67. The van der Waals surface area contributed by atoms with Crippen LogP contribution >= 0.6 is 0 Å². The van der Waals surface area contributed by atoms with E-state index in [4.69, 9.17) is 9.47 Å². The zero-order valence-corrected chi connectivity index (χ0v) is 27.7. The van der Waals surface area contributed by atoms with E-state index >= 15 is 8.78 Å². The number of hydrogen-bond donors (Lipinski definition) is 4. The molecule has 0 spiro atoms. The quantitative estimate of drug-likeness (QED) is 0.150. The van der Waals surface area contributed by atoms with Gasteiger partial charge in [-0.2, -0.15) is 8.78 Å². The lowest BCUT2D eigenvalue weighted by Crippen LogP contribution is -2.60. The summed E-state index contributed by atoms with van der Waals surface area (Å²) in [6.07, 6.45) is -1.42. The van der Waals surface area contributed by atoms with Gasteiger partial charge in [0.05, 0.1) is 6.04 Å². The SMILES string of the molecule is CC(C)[C@H](NC(=O)OCc1ccccc1)C(=O)NC(Cc1ccc(OCc2ccccc2)cc1)C(=O)C(F)(F)C(=O)N[C@@H](C(=O)O)C(C)C. The average molecular weight is 682 g/mol. The van der Waals surface area contributed by atoms with Crippen molar-refractivity contribution in [2.45, 2.75) is 71.4 Å². The second-order valence-corrected chi connectivity index (χ2v) is 12.1. The Morgan fingerprint density at radius 1 is 0.694 bits per heavy atom. The number of Topliss-reactive ketones (excluding diaryl/α,β-unsaturated/α-hetero) is 1. The molecule has 262 valence electrons. The highest BCUT2D eigenvalue weighted by atomic mass is 19.3. The Kier molecular flexibility index (Phi) is 13.8. The normalized spacial score (nSPS) is 13.1. The average Bonchev–Trinajstić information content (AvgIpc) is 3.07. The summed E-state index contributed by atoms with van der Waals surface area (Å²) in [5.41, 5.74) is 1.94. The molecule has 3 atom stereocenters. The number of carbonyl (C=O) groups is 5. The Hall–Kier alpha value is -5.33. The molecule has 0 aliphatic heterocycles. The van der Waals surface area contributed by atoms with Crippen LogP contribution in [0.1, 0.15) is 44.4 Å². The van der Waals surface area contributed by atoms with Crippen molar-refractivity contribution < 1.29 is 47.3 Å². The van der Waals surface area contributed by atoms with Gasteiger partial charge in [-0.15, -0.1) is 0 Å². The van der Waals surface area contributed by atoms with Crippen molar-refractivity contribution in [3.8, 4) is 5.75 Å². The molecule has 13 heteroatoms. The first-order valence-corrected chi connectivity index (χ1v) is 15.7. The van der Waals surface area contributed by atoms with Crippen molar-refractivity contribution in [1.29, 1.82) is 0 Å². The minimum Gasteiger partial charge on any atom is -0.489 e. The van der Waals surface area contributed by atoms with Crippen LogP contribution in [0.25, 0.3) is 0 Å². The highest BCUT2D eigenvalue weighted by molar-refractivity contribution is 6.11. The molecule has 0 saturated heterocycles. The lowest BCUT2D eigenvalue weighted by atomic mass is 9.96. The molecule has 0 saturated carbocycles. The van der Waals surface area contributed by atoms with Gasteiger partial charge in [0, 0.05) is 6.42 Å². The minimum absolute atomic E-state index is 0.0969. The van der Waals surface area contributed by atoms with Crippen LogP contribution < -0.4 is 20.7 Å². The molecule has 0 aliphatic carbocycles. The van der Waals surface area contributed by atoms with Crippen molar-refractivity contribution in [1.82, 2.24) is 16.0 Å². The maximum atomic E-state index is 15.4. The lowest BCUT2D eigenvalue weighted by Gasteiger charge is -2.27.